The van der Waals surface area contributed by atoms with Gasteiger partial charge in [0, 0.05) is 19.5 Å². The van der Waals surface area contributed by atoms with E-state index in [1.165, 1.54) is 6.07 Å². The average Bonchev–Trinajstić information content (AvgIpc) is 3.27. The molecule has 3 rings (SSSR count). The number of ether oxygens (including phenoxy) is 1. The van der Waals surface area contributed by atoms with Gasteiger partial charge in [0.1, 0.15) is 17.3 Å². The van der Waals surface area contributed by atoms with Crippen LogP contribution in [0.2, 0.25) is 0 Å². The van der Waals surface area contributed by atoms with E-state index in [4.69, 9.17) is 9.15 Å². The van der Waals surface area contributed by atoms with Gasteiger partial charge in [-0.2, -0.15) is 0 Å². The third kappa shape index (κ3) is 7.70. The molecule has 0 unspecified atom stereocenters. The number of nitrogens with one attached hydrogen (secondary N) is 2. The molecule has 2 N–H and O–H groups in total. The Morgan fingerprint density at radius 1 is 0.967 bits per heavy atom. The lowest BCUT2D eigenvalue weighted by atomic mass is 10.1. The van der Waals surface area contributed by atoms with Gasteiger partial charge in [-0.1, -0.05) is 30.3 Å². The predicted molar refractivity (Wildman–Crippen MR) is 128 cm³/mol. The Bertz CT molecular complexity index is 899. The van der Waals surface area contributed by atoms with E-state index in [0.29, 0.717) is 37.6 Å². The van der Waals surface area contributed by atoms with Crippen LogP contribution in [-0.2, 0) is 19.4 Å². The Morgan fingerprint density at radius 2 is 1.70 bits per heavy atom. The maximum absolute atomic E-state index is 13.8. The molecule has 3 aromatic rings. The predicted octanol–water partition coefficient (Wildman–Crippen LogP) is 4.57. The first-order valence-corrected chi connectivity index (χ1v) is 9.65. The van der Waals surface area contributed by atoms with Crippen LogP contribution in [0, 0.1) is 5.82 Å². The molecule has 1 aromatic heterocycles. The van der Waals surface area contributed by atoms with Crippen LogP contribution >= 0.6 is 24.0 Å². The third-order valence-corrected chi connectivity index (χ3v) is 4.47. The first kappa shape index (κ1) is 23.7. The highest BCUT2D eigenvalue weighted by atomic mass is 127. The molecule has 0 bridgehead atoms. The standard InChI is InChI=1S/C23H26FN3O2.HI/c1-28-20-10-8-18(9-11-20)17-27-23(26-15-13-21-6-4-16-29-21)25-14-12-19-5-2-3-7-22(19)24;/h2-11,16H,12-15,17H2,1H3,(H2,25,26,27);1H. The van der Waals surface area contributed by atoms with Gasteiger partial charge in [-0.25, -0.2) is 9.38 Å². The fourth-order valence-corrected chi connectivity index (χ4v) is 2.85. The number of furan rings is 1. The van der Waals surface area contributed by atoms with Crippen LogP contribution in [0.15, 0.2) is 76.3 Å². The number of halogens is 2. The number of guanidine groups is 1. The first-order chi connectivity index (χ1) is 14.2. The zero-order valence-corrected chi connectivity index (χ0v) is 19.3. The molecule has 0 spiro atoms. The summed E-state index contributed by atoms with van der Waals surface area (Å²) >= 11 is 0. The summed E-state index contributed by atoms with van der Waals surface area (Å²) in [7, 11) is 1.65. The Hall–Kier alpha value is -2.55. The third-order valence-electron chi connectivity index (χ3n) is 4.47. The van der Waals surface area contributed by atoms with E-state index < -0.39 is 0 Å². The van der Waals surface area contributed by atoms with Crippen molar-refractivity contribution < 1.29 is 13.5 Å². The largest absolute Gasteiger partial charge is 0.497 e. The molecular formula is C23H27FIN3O2. The average molecular weight is 523 g/mol. The fourth-order valence-electron chi connectivity index (χ4n) is 2.85. The topological polar surface area (TPSA) is 58.8 Å². The van der Waals surface area contributed by atoms with Gasteiger partial charge in [-0.3, -0.25) is 0 Å². The summed E-state index contributed by atoms with van der Waals surface area (Å²) in [4.78, 5) is 4.65. The van der Waals surface area contributed by atoms with Crippen LogP contribution in [0.4, 0.5) is 4.39 Å². The molecule has 160 valence electrons. The quantitative estimate of drug-likeness (QED) is 0.245. The second-order valence-electron chi connectivity index (χ2n) is 6.54. The smallest absolute Gasteiger partial charge is 0.191 e. The summed E-state index contributed by atoms with van der Waals surface area (Å²) in [6.07, 6.45) is 3.00. The zero-order chi connectivity index (χ0) is 20.3. The normalized spacial score (nSPS) is 10.9. The highest BCUT2D eigenvalue weighted by molar-refractivity contribution is 14.0. The second-order valence-corrected chi connectivity index (χ2v) is 6.54. The summed E-state index contributed by atoms with van der Waals surface area (Å²) in [5, 5.41) is 6.60. The lowest BCUT2D eigenvalue weighted by Crippen LogP contribution is -2.39. The van der Waals surface area contributed by atoms with E-state index in [9.17, 15) is 4.39 Å². The number of aliphatic imine (C=N–C) groups is 1. The summed E-state index contributed by atoms with van der Waals surface area (Å²) in [5.41, 5.74) is 1.76. The van der Waals surface area contributed by atoms with E-state index in [2.05, 4.69) is 15.6 Å². The molecule has 1 heterocycles. The minimum Gasteiger partial charge on any atom is -0.497 e. The number of nitrogens with zero attached hydrogens (tertiary/aromatic N) is 1. The Kier molecular flexibility index (Phi) is 10.2. The van der Waals surface area contributed by atoms with Gasteiger partial charge < -0.3 is 19.8 Å². The van der Waals surface area contributed by atoms with E-state index in [1.807, 2.05) is 42.5 Å². The van der Waals surface area contributed by atoms with Crippen molar-refractivity contribution in [2.45, 2.75) is 19.4 Å². The first-order valence-electron chi connectivity index (χ1n) is 9.65. The monoisotopic (exact) mass is 523 g/mol. The molecule has 0 atom stereocenters. The van der Waals surface area contributed by atoms with Crippen molar-refractivity contribution in [2.24, 2.45) is 4.99 Å². The van der Waals surface area contributed by atoms with Gasteiger partial charge in [0.25, 0.3) is 0 Å². The molecule has 0 aliphatic heterocycles. The van der Waals surface area contributed by atoms with Crippen molar-refractivity contribution >= 4 is 29.9 Å². The molecular weight excluding hydrogens is 496 g/mol. The SMILES string of the molecule is COc1ccc(CN=C(NCCc2ccco2)NCCc2ccccc2F)cc1.I. The van der Waals surface area contributed by atoms with Crippen LogP contribution in [0.3, 0.4) is 0 Å². The number of hydrogen-bond acceptors (Lipinski definition) is 3. The molecule has 0 aliphatic carbocycles. The van der Waals surface area contributed by atoms with E-state index in [-0.39, 0.29) is 29.8 Å². The second kappa shape index (κ2) is 12.9. The van der Waals surface area contributed by atoms with E-state index in [1.54, 1.807) is 25.5 Å². The van der Waals surface area contributed by atoms with Gasteiger partial charge in [0.2, 0.25) is 0 Å². The lowest BCUT2D eigenvalue weighted by molar-refractivity contribution is 0.414. The van der Waals surface area contributed by atoms with E-state index in [0.717, 1.165) is 23.5 Å². The Labute approximate surface area is 193 Å². The number of methoxy groups -OCH3 is 1. The molecule has 0 amide bonds. The van der Waals surface area contributed by atoms with Crippen molar-refractivity contribution in [3.8, 4) is 5.75 Å². The van der Waals surface area contributed by atoms with Crippen LogP contribution < -0.4 is 15.4 Å². The fraction of sp³-hybridized carbons (Fsp3) is 0.261. The highest BCUT2D eigenvalue weighted by Crippen LogP contribution is 2.12. The molecule has 0 aliphatic rings. The molecule has 0 saturated carbocycles. The van der Waals surface area contributed by atoms with Gasteiger partial charge >= 0.3 is 0 Å². The molecule has 5 nitrogen and oxygen atoms in total. The Balaban J connectivity index is 0.00000320. The summed E-state index contributed by atoms with van der Waals surface area (Å²) in [5.74, 6) is 2.23. The summed E-state index contributed by atoms with van der Waals surface area (Å²) in [6, 6.07) is 18.5. The van der Waals surface area contributed by atoms with Crippen molar-refractivity contribution in [3.63, 3.8) is 0 Å². The maximum atomic E-state index is 13.8. The number of rotatable bonds is 9. The highest BCUT2D eigenvalue weighted by Gasteiger charge is 2.04. The number of benzene rings is 2. The van der Waals surface area contributed by atoms with Crippen molar-refractivity contribution in [1.29, 1.82) is 0 Å². The molecule has 30 heavy (non-hydrogen) atoms. The van der Waals surface area contributed by atoms with Gasteiger partial charge in [0.15, 0.2) is 5.96 Å². The summed E-state index contributed by atoms with van der Waals surface area (Å²) in [6.45, 7) is 1.79. The summed E-state index contributed by atoms with van der Waals surface area (Å²) < 4.78 is 24.4. The van der Waals surface area contributed by atoms with Gasteiger partial charge in [0.05, 0.1) is 19.9 Å². The lowest BCUT2D eigenvalue weighted by Gasteiger charge is -2.13. The minimum atomic E-state index is -0.184. The van der Waals surface area contributed by atoms with Crippen LogP contribution in [-0.4, -0.2) is 26.2 Å². The van der Waals surface area contributed by atoms with Crippen molar-refractivity contribution in [2.75, 3.05) is 20.2 Å². The number of hydrogen-bond donors (Lipinski definition) is 2. The van der Waals surface area contributed by atoms with Crippen molar-refractivity contribution in [1.82, 2.24) is 10.6 Å². The van der Waals surface area contributed by atoms with Crippen LogP contribution in [0.25, 0.3) is 0 Å². The maximum Gasteiger partial charge on any atom is 0.191 e. The van der Waals surface area contributed by atoms with Crippen LogP contribution in [0.1, 0.15) is 16.9 Å². The molecule has 0 saturated heterocycles. The Morgan fingerprint density at radius 3 is 2.37 bits per heavy atom. The molecule has 0 radical (unpaired) electrons. The molecule has 2 aromatic carbocycles. The van der Waals surface area contributed by atoms with E-state index >= 15 is 0 Å². The molecule has 0 fully saturated rings. The van der Waals surface area contributed by atoms with Crippen LogP contribution in [0.5, 0.6) is 5.75 Å². The van der Waals surface area contributed by atoms with Crippen molar-refractivity contribution in [3.05, 3.63) is 89.6 Å². The van der Waals surface area contributed by atoms with Gasteiger partial charge in [-0.15, -0.1) is 24.0 Å². The molecule has 7 heteroatoms. The minimum absolute atomic E-state index is 0. The van der Waals surface area contributed by atoms with Gasteiger partial charge in [-0.05, 0) is 47.9 Å². The zero-order valence-electron chi connectivity index (χ0n) is 16.9.